The third-order valence-electron chi connectivity index (χ3n) is 2.15. The van der Waals surface area contributed by atoms with Gasteiger partial charge >= 0.3 is 0 Å². The predicted octanol–water partition coefficient (Wildman–Crippen LogP) is 3.58. The molecule has 0 spiro atoms. The molecule has 0 aliphatic heterocycles. The molecular formula is C11H13BrClNOS. The van der Waals surface area contributed by atoms with Crippen LogP contribution in [-0.4, -0.2) is 24.0 Å². The summed E-state index contributed by atoms with van der Waals surface area (Å²) in [6, 6.07) is 5.32. The third-order valence-corrected chi connectivity index (χ3v) is 4.42. The average molecular weight is 323 g/mol. The number of benzene rings is 1. The smallest absolute Gasteiger partial charge is 0.252 e. The van der Waals surface area contributed by atoms with E-state index < -0.39 is 0 Å². The molecule has 1 N–H and O–H groups in total. The van der Waals surface area contributed by atoms with Gasteiger partial charge in [-0.15, -0.1) is 0 Å². The summed E-state index contributed by atoms with van der Waals surface area (Å²) < 4.78 is 0.736. The van der Waals surface area contributed by atoms with Crippen molar-refractivity contribution in [3.63, 3.8) is 0 Å². The van der Waals surface area contributed by atoms with Crippen LogP contribution in [-0.2, 0) is 0 Å². The van der Waals surface area contributed by atoms with E-state index in [1.807, 2.05) is 12.3 Å². The highest BCUT2D eigenvalue weighted by Crippen LogP contribution is 2.25. The van der Waals surface area contributed by atoms with Crippen LogP contribution in [0.5, 0.6) is 0 Å². The minimum absolute atomic E-state index is 0.132. The molecule has 2 nitrogen and oxygen atoms in total. The van der Waals surface area contributed by atoms with Crippen LogP contribution >= 0.6 is 39.3 Å². The van der Waals surface area contributed by atoms with Gasteiger partial charge in [-0.1, -0.05) is 24.6 Å². The lowest BCUT2D eigenvalue weighted by molar-refractivity contribution is 0.0954. The monoisotopic (exact) mass is 321 g/mol. The van der Waals surface area contributed by atoms with Crippen molar-refractivity contribution in [1.29, 1.82) is 0 Å². The molecule has 0 saturated carbocycles. The number of amides is 1. The van der Waals surface area contributed by atoms with Crippen molar-refractivity contribution in [3.05, 3.63) is 33.3 Å². The van der Waals surface area contributed by atoms with Gasteiger partial charge in [0.2, 0.25) is 0 Å². The molecule has 0 aliphatic rings. The maximum Gasteiger partial charge on any atom is 0.252 e. The highest BCUT2D eigenvalue weighted by Gasteiger charge is 2.12. The van der Waals surface area contributed by atoms with E-state index in [2.05, 4.69) is 28.2 Å². The third kappa shape index (κ3) is 3.68. The Balaban J connectivity index is 2.70. The summed E-state index contributed by atoms with van der Waals surface area (Å²) in [6.07, 6.45) is 2.02. The number of nitrogens with one attached hydrogen (secondary N) is 1. The predicted molar refractivity (Wildman–Crippen MR) is 74.5 cm³/mol. The van der Waals surface area contributed by atoms with E-state index in [-0.39, 0.29) is 5.91 Å². The lowest BCUT2D eigenvalue weighted by Gasteiger charge is -2.11. The van der Waals surface area contributed by atoms with Crippen LogP contribution < -0.4 is 5.32 Å². The fourth-order valence-corrected chi connectivity index (χ4v) is 1.92. The lowest BCUT2D eigenvalue weighted by Crippen LogP contribution is -2.29. The van der Waals surface area contributed by atoms with Crippen LogP contribution in [0.1, 0.15) is 17.3 Å². The number of thioether (sulfide) groups is 1. The summed E-state index contributed by atoms with van der Waals surface area (Å²) >= 11 is 11.0. The number of halogens is 2. The first-order chi connectivity index (χ1) is 7.56. The number of carbonyl (C=O) groups excluding carboxylic acids is 1. The molecule has 1 atom stereocenters. The molecule has 1 unspecified atom stereocenters. The van der Waals surface area contributed by atoms with Crippen LogP contribution in [0, 0.1) is 0 Å². The van der Waals surface area contributed by atoms with E-state index in [9.17, 15) is 4.79 Å². The fraction of sp³-hybridized carbons (Fsp3) is 0.364. The Hall–Kier alpha value is -0.190. The van der Waals surface area contributed by atoms with Gasteiger partial charge in [-0.3, -0.25) is 4.79 Å². The first-order valence-electron chi connectivity index (χ1n) is 4.81. The Morgan fingerprint density at radius 3 is 2.94 bits per heavy atom. The molecule has 16 heavy (non-hydrogen) atoms. The number of rotatable bonds is 4. The Labute approximate surface area is 113 Å². The lowest BCUT2D eigenvalue weighted by atomic mass is 10.2. The van der Waals surface area contributed by atoms with Crippen molar-refractivity contribution >= 4 is 45.2 Å². The highest BCUT2D eigenvalue weighted by atomic mass is 79.9. The topological polar surface area (TPSA) is 29.1 Å². The van der Waals surface area contributed by atoms with E-state index in [4.69, 9.17) is 11.6 Å². The van der Waals surface area contributed by atoms with Crippen molar-refractivity contribution in [1.82, 2.24) is 5.32 Å². The van der Waals surface area contributed by atoms with Gasteiger partial charge in [0.25, 0.3) is 5.91 Å². The summed E-state index contributed by atoms with van der Waals surface area (Å²) in [5.74, 6) is -0.132. The number of hydrogen-bond acceptors (Lipinski definition) is 2. The Morgan fingerprint density at radius 1 is 1.62 bits per heavy atom. The van der Waals surface area contributed by atoms with Gasteiger partial charge in [-0.25, -0.2) is 0 Å². The van der Waals surface area contributed by atoms with Gasteiger partial charge in [0.05, 0.1) is 10.6 Å². The minimum atomic E-state index is -0.132. The molecule has 1 amide bonds. The van der Waals surface area contributed by atoms with Crippen LogP contribution in [0.25, 0.3) is 0 Å². The molecule has 0 bridgehead atoms. The average Bonchev–Trinajstić information content (AvgIpc) is 2.29. The van der Waals surface area contributed by atoms with Gasteiger partial charge in [0, 0.05) is 16.3 Å². The highest BCUT2D eigenvalue weighted by molar-refractivity contribution is 9.10. The minimum Gasteiger partial charge on any atom is -0.351 e. The van der Waals surface area contributed by atoms with Crippen LogP contribution in [0.15, 0.2) is 22.7 Å². The van der Waals surface area contributed by atoms with Crippen LogP contribution in [0.2, 0.25) is 5.02 Å². The quantitative estimate of drug-likeness (QED) is 0.918. The molecule has 1 rings (SSSR count). The van der Waals surface area contributed by atoms with Crippen molar-refractivity contribution in [2.75, 3.05) is 12.8 Å². The molecule has 0 radical (unpaired) electrons. The maximum atomic E-state index is 11.8. The zero-order chi connectivity index (χ0) is 12.1. The first-order valence-corrected chi connectivity index (χ1v) is 7.27. The molecular weight excluding hydrogens is 310 g/mol. The van der Waals surface area contributed by atoms with Gasteiger partial charge in [-0.2, -0.15) is 11.8 Å². The summed E-state index contributed by atoms with van der Waals surface area (Å²) in [7, 11) is 0. The normalized spacial score (nSPS) is 12.2. The molecule has 0 aliphatic carbocycles. The van der Waals surface area contributed by atoms with Crippen molar-refractivity contribution in [2.45, 2.75) is 12.2 Å². The molecule has 0 heterocycles. The fourth-order valence-electron chi connectivity index (χ4n) is 1.09. The van der Waals surface area contributed by atoms with Crippen LogP contribution in [0.3, 0.4) is 0 Å². The summed E-state index contributed by atoms with van der Waals surface area (Å²) in [5, 5.41) is 3.71. The van der Waals surface area contributed by atoms with Gasteiger partial charge in [-0.05, 0) is 34.3 Å². The van der Waals surface area contributed by atoms with E-state index in [1.54, 1.807) is 23.9 Å². The first kappa shape index (κ1) is 13.9. The Kier molecular flexibility index (Phi) is 5.66. The number of hydrogen-bond donors (Lipinski definition) is 1. The summed E-state index contributed by atoms with van der Waals surface area (Å²) in [4.78, 5) is 11.8. The zero-order valence-electron chi connectivity index (χ0n) is 9.09. The van der Waals surface area contributed by atoms with E-state index in [0.717, 1.165) is 4.47 Å². The summed E-state index contributed by atoms with van der Waals surface area (Å²) in [5.41, 5.74) is 0.504. The van der Waals surface area contributed by atoms with Gasteiger partial charge in [0.15, 0.2) is 0 Å². The van der Waals surface area contributed by atoms with Crippen molar-refractivity contribution in [3.8, 4) is 0 Å². The zero-order valence-corrected chi connectivity index (χ0v) is 12.2. The number of carbonyl (C=O) groups is 1. The molecule has 88 valence electrons. The van der Waals surface area contributed by atoms with Gasteiger partial charge < -0.3 is 5.32 Å². The second-order valence-corrected chi connectivity index (χ2v) is 5.87. The molecule has 1 aromatic carbocycles. The molecule has 5 heteroatoms. The Bertz CT molecular complexity index is 386. The van der Waals surface area contributed by atoms with Crippen molar-refractivity contribution in [2.24, 2.45) is 0 Å². The van der Waals surface area contributed by atoms with E-state index in [1.165, 1.54) is 0 Å². The summed E-state index contributed by atoms with van der Waals surface area (Å²) in [6.45, 7) is 2.70. The molecule has 1 aromatic rings. The van der Waals surface area contributed by atoms with Gasteiger partial charge in [0.1, 0.15) is 0 Å². The Morgan fingerprint density at radius 2 is 2.31 bits per heavy atom. The van der Waals surface area contributed by atoms with E-state index >= 15 is 0 Å². The SMILES string of the molecule is CSC(C)CNC(=O)c1cccc(Br)c1Cl. The molecule has 0 saturated heterocycles. The largest absolute Gasteiger partial charge is 0.351 e. The van der Waals surface area contributed by atoms with Crippen LogP contribution in [0.4, 0.5) is 0 Å². The van der Waals surface area contributed by atoms with E-state index in [0.29, 0.717) is 22.4 Å². The van der Waals surface area contributed by atoms with Crippen molar-refractivity contribution < 1.29 is 4.79 Å². The second kappa shape index (κ2) is 6.52. The standard InChI is InChI=1S/C11H13BrClNOS/c1-7(16-2)6-14-11(15)8-4-3-5-9(12)10(8)13/h3-5,7H,6H2,1-2H3,(H,14,15). The maximum absolute atomic E-state index is 11.8. The molecule has 0 aromatic heterocycles. The second-order valence-electron chi connectivity index (χ2n) is 3.36. The molecule has 0 fully saturated rings.